The molecular formula is C8H14N4S. The molecule has 1 saturated heterocycles. The molecule has 13 heavy (non-hydrogen) atoms. The largest absolute Gasteiger partial charge is 0.347 e. The van der Waals surface area contributed by atoms with Crippen LogP contribution in [-0.2, 0) is 0 Å². The van der Waals surface area contributed by atoms with Crippen LogP contribution >= 0.6 is 11.3 Å². The first-order chi connectivity index (χ1) is 6.40. The number of nitrogens with zero attached hydrogens (tertiary/aromatic N) is 3. The van der Waals surface area contributed by atoms with Crippen LogP contribution in [0.3, 0.4) is 0 Å². The Morgan fingerprint density at radius 3 is 2.85 bits per heavy atom. The third kappa shape index (κ3) is 1.97. The van der Waals surface area contributed by atoms with E-state index in [4.69, 9.17) is 5.73 Å². The standard InChI is InChI=1S/C8H14N4S/c9-5-7-1-3-12(4-2-7)8-11-10-6-13-8/h6-7H,1-5,9H2. The van der Waals surface area contributed by atoms with Crippen molar-refractivity contribution in [3.63, 3.8) is 0 Å². The van der Waals surface area contributed by atoms with Crippen LogP contribution in [0.4, 0.5) is 5.13 Å². The molecule has 0 radical (unpaired) electrons. The summed E-state index contributed by atoms with van der Waals surface area (Å²) in [6.07, 6.45) is 2.38. The summed E-state index contributed by atoms with van der Waals surface area (Å²) in [5.74, 6) is 0.712. The fraction of sp³-hybridized carbons (Fsp3) is 0.750. The second-order valence-electron chi connectivity index (χ2n) is 3.39. The van der Waals surface area contributed by atoms with Gasteiger partial charge in [0.15, 0.2) is 0 Å². The molecule has 72 valence electrons. The van der Waals surface area contributed by atoms with Crippen LogP contribution < -0.4 is 10.6 Å². The van der Waals surface area contributed by atoms with Crippen molar-refractivity contribution in [1.29, 1.82) is 0 Å². The zero-order valence-corrected chi connectivity index (χ0v) is 8.33. The average molecular weight is 198 g/mol. The SMILES string of the molecule is NCC1CCN(c2nncs2)CC1. The molecule has 0 amide bonds. The summed E-state index contributed by atoms with van der Waals surface area (Å²) < 4.78 is 0. The van der Waals surface area contributed by atoms with Gasteiger partial charge in [0.05, 0.1) is 0 Å². The minimum atomic E-state index is 0.712. The van der Waals surface area contributed by atoms with Crippen molar-refractivity contribution < 1.29 is 0 Å². The van der Waals surface area contributed by atoms with Gasteiger partial charge in [0, 0.05) is 13.1 Å². The highest BCUT2D eigenvalue weighted by Crippen LogP contribution is 2.23. The van der Waals surface area contributed by atoms with Gasteiger partial charge in [-0.2, -0.15) is 0 Å². The maximum atomic E-state index is 5.62. The van der Waals surface area contributed by atoms with Crippen LogP contribution in [0.15, 0.2) is 5.51 Å². The Kier molecular flexibility index (Phi) is 2.75. The molecule has 1 fully saturated rings. The molecule has 0 aliphatic carbocycles. The number of hydrogen-bond donors (Lipinski definition) is 1. The van der Waals surface area contributed by atoms with Gasteiger partial charge in [0.25, 0.3) is 0 Å². The fourth-order valence-corrected chi connectivity index (χ4v) is 2.28. The van der Waals surface area contributed by atoms with E-state index in [1.165, 1.54) is 12.8 Å². The predicted octanol–water partition coefficient (Wildman–Crippen LogP) is 0.713. The number of hydrogen-bond acceptors (Lipinski definition) is 5. The van der Waals surface area contributed by atoms with Crippen molar-refractivity contribution in [1.82, 2.24) is 10.2 Å². The summed E-state index contributed by atoms with van der Waals surface area (Å²) in [5, 5.41) is 8.94. The molecule has 0 saturated carbocycles. The Balaban J connectivity index is 1.92. The molecule has 2 rings (SSSR count). The first kappa shape index (κ1) is 8.90. The number of nitrogens with two attached hydrogens (primary N) is 1. The average Bonchev–Trinajstić information content (AvgIpc) is 2.71. The second kappa shape index (κ2) is 4.02. The smallest absolute Gasteiger partial charge is 0.208 e. The van der Waals surface area contributed by atoms with E-state index in [1.54, 1.807) is 16.8 Å². The van der Waals surface area contributed by atoms with Gasteiger partial charge in [-0.25, -0.2) is 0 Å². The number of piperidine rings is 1. The zero-order chi connectivity index (χ0) is 9.10. The maximum absolute atomic E-state index is 5.62. The Bertz CT molecular complexity index is 241. The molecule has 4 nitrogen and oxygen atoms in total. The van der Waals surface area contributed by atoms with Gasteiger partial charge in [-0.3, -0.25) is 0 Å². The van der Waals surface area contributed by atoms with Gasteiger partial charge < -0.3 is 10.6 Å². The van der Waals surface area contributed by atoms with Crippen molar-refractivity contribution in [2.24, 2.45) is 11.7 Å². The van der Waals surface area contributed by atoms with Gasteiger partial charge in [0.2, 0.25) is 5.13 Å². The van der Waals surface area contributed by atoms with E-state index in [1.807, 2.05) is 0 Å². The molecule has 0 aromatic carbocycles. The molecular weight excluding hydrogens is 184 g/mol. The highest BCUT2D eigenvalue weighted by Gasteiger charge is 2.19. The van der Waals surface area contributed by atoms with Crippen LogP contribution in [0.2, 0.25) is 0 Å². The summed E-state index contributed by atoms with van der Waals surface area (Å²) >= 11 is 1.61. The molecule has 0 atom stereocenters. The molecule has 2 N–H and O–H groups in total. The molecule has 0 bridgehead atoms. The fourth-order valence-electron chi connectivity index (χ4n) is 1.66. The lowest BCUT2D eigenvalue weighted by molar-refractivity contribution is 0.414. The van der Waals surface area contributed by atoms with Crippen molar-refractivity contribution >= 4 is 16.5 Å². The minimum absolute atomic E-state index is 0.712. The Labute approximate surface area is 81.8 Å². The van der Waals surface area contributed by atoms with Crippen LogP contribution in [-0.4, -0.2) is 29.8 Å². The first-order valence-corrected chi connectivity index (χ1v) is 5.49. The molecule has 0 unspecified atom stereocenters. The van der Waals surface area contributed by atoms with Gasteiger partial charge in [-0.15, -0.1) is 10.2 Å². The van der Waals surface area contributed by atoms with Crippen molar-refractivity contribution in [3.8, 4) is 0 Å². The van der Waals surface area contributed by atoms with E-state index in [2.05, 4.69) is 15.1 Å². The second-order valence-corrected chi connectivity index (χ2v) is 4.20. The van der Waals surface area contributed by atoms with Crippen LogP contribution in [0.1, 0.15) is 12.8 Å². The first-order valence-electron chi connectivity index (χ1n) is 4.61. The van der Waals surface area contributed by atoms with Gasteiger partial charge in [-0.05, 0) is 25.3 Å². The van der Waals surface area contributed by atoms with E-state index < -0.39 is 0 Å². The van der Waals surface area contributed by atoms with E-state index in [0.717, 1.165) is 24.8 Å². The van der Waals surface area contributed by atoms with E-state index >= 15 is 0 Å². The predicted molar refractivity (Wildman–Crippen MR) is 53.9 cm³/mol. The lowest BCUT2D eigenvalue weighted by Crippen LogP contribution is -2.35. The van der Waals surface area contributed by atoms with Crippen molar-refractivity contribution in [2.75, 3.05) is 24.5 Å². The van der Waals surface area contributed by atoms with Gasteiger partial charge in [0.1, 0.15) is 5.51 Å². The quantitative estimate of drug-likeness (QED) is 0.760. The monoisotopic (exact) mass is 198 g/mol. The van der Waals surface area contributed by atoms with Crippen LogP contribution in [0.5, 0.6) is 0 Å². The topological polar surface area (TPSA) is 55.0 Å². The molecule has 5 heteroatoms. The van der Waals surface area contributed by atoms with Crippen molar-refractivity contribution in [3.05, 3.63) is 5.51 Å². The zero-order valence-electron chi connectivity index (χ0n) is 7.52. The lowest BCUT2D eigenvalue weighted by Gasteiger charge is -2.30. The molecule has 1 aromatic rings. The third-order valence-electron chi connectivity index (χ3n) is 2.57. The van der Waals surface area contributed by atoms with Crippen molar-refractivity contribution in [2.45, 2.75) is 12.8 Å². The molecule has 0 spiro atoms. The molecule has 1 aliphatic rings. The summed E-state index contributed by atoms with van der Waals surface area (Å²) in [6, 6.07) is 0. The summed E-state index contributed by atoms with van der Waals surface area (Å²) in [4.78, 5) is 2.30. The highest BCUT2D eigenvalue weighted by atomic mass is 32.1. The van der Waals surface area contributed by atoms with Crippen LogP contribution in [0.25, 0.3) is 0 Å². The number of anilines is 1. The van der Waals surface area contributed by atoms with Crippen LogP contribution in [0, 0.1) is 5.92 Å². The minimum Gasteiger partial charge on any atom is -0.347 e. The Morgan fingerprint density at radius 2 is 2.31 bits per heavy atom. The Morgan fingerprint density at radius 1 is 1.54 bits per heavy atom. The van der Waals surface area contributed by atoms with E-state index in [0.29, 0.717) is 5.92 Å². The summed E-state index contributed by atoms with van der Waals surface area (Å²) in [7, 11) is 0. The highest BCUT2D eigenvalue weighted by molar-refractivity contribution is 7.13. The van der Waals surface area contributed by atoms with Gasteiger partial charge >= 0.3 is 0 Å². The summed E-state index contributed by atoms with van der Waals surface area (Å²) in [5.41, 5.74) is 7.41. The summed E-state index contributed by atoms with van der Waals surface area (Å²) in [6.45, 7) is 2.98. The lowest BCUT2D eigenvalue weighted by atomic mass is 9.98. The normalized spacial score (nSPS) is 19.3. The van der Waals surface area contributed by atoms with E-state index in [9.17, 15) is 0 Å². The molecule has 1 aromatic heterocycles. The molecule has 2 heterocycles. The third-order valence-corrected chi connectivity index (χ3v) is 3.32. The number of rotatable bonds is 2. The number of aromatic nitrogens is 2. The van der Waals surface area contributed by atoms with E-state index in [-0.39, 0.29) is 0 Å². The van der Waals surface area contributed by atoms with Gasteiger partial charge in [-0.1, -0.05) is 11.3 Å². The Hall–Kier alpha value is -0.680. The molecule has 1 aliphatic heterocycles. The maximum Gasteiger partial charge on any atom is 0.208 e.